The molecule has 1 aliphatic rings. The van der Waals surface area contributed by atoms with Crippen LogP contribution in [-0.4, -0.2) is 27.3 Å². The molecule has 1 amide bonds. The Hall–Kier alpha value is -3.79. The number of benzene rings is 3. The van der Waals surface area contributed by atoms with Gasteiger partial charge in [0.05, 0.1) is 6.04 Å². The minimum Gasteiger partial charge on any atom is -0.361 e. The molecule has 5 aromatic rings. The highest BCUT2D eigenvalue weighted by Crippen LogP contribution is 2.41. The normalized spacial score (nSPS) is 16.1. The molecule has 0 aliphatic carbocycles. The van der Waals surface area contributed by atoms with Crippen molar-refractivity contribution in [1.82, 2.24) is 14.9 Å². The molecule has 4 heteroatoms. The van der Waals surface area contributed by atoms with Gasteiger partial charge in [-0.3, -0.25) is 4.79 Å². The van der Waals surface area contributed by atoms with Gasteiger partial charge in [0, 0.05) is 51.4 Å². The van der Waals surface area contributed by atoms with Crippen LogP contribution in [0, 0.1) is 0 Å². The molecule has 146 valence electrons. The lowest BCUT2D eigenvalue weighted by molar-refractivity contribution is 0.0693. The second-order valence-electron chi connectivity index (χ2n) is 7.87. The molecule has 0 saturated carbocycles. The number of aromatic amines is 2. The average molecular weight is 391 g/mol. The highest BCUT2D eigenvalue weighted by Gasteiger charge is 2.36. The fourth-order valence-electron chi connectivity index (χ4n) is 4.85. The topological polar surface area (TPSA) is 51.9 Å². The molecule has 4 nitrogen and oxygen atoms in total. The highest BCUT2D eigenvalue weighted by atomic mass is 16.2. The molecule has 0 saturated heterocycles. The van der Waals surface area contributed by atoms with Crippen molar-refractivity contribution in [3.8, 4) is 0 Å². The van der Waals surface area contributed by atoms with Crippen molar-refractivity contribution in [2.75, 3.05) is 6.54 Å². The van der Waals surface area contributed by atoms with Crippen LogP contribution < -0.4 is 0 Å². The minimum atomic E-state index is -0.162. The predicted octanol–water partition coefficient (Wildman–Crippen LogP) is 5.44. The van der Waals surface area contributed by atoms with Crippen LogP contribution in [0.5, 0.6) is 0 Å². The lowest BCUT2D eigenvalue weighted by Gasteiger charge is -2.36. The lowest BCUT2D eigenvalue weighted by Crippen LogP contribution is -2.40. The number of rotatable bonds is 2. The third kappa shape index (κ3) is 2.50. The molecule has 0 bridgehead atoms. The number of nitrogens with zero attached hydrogens (tertiary/aromatic N) is 1. The van der Waals surface area contributed by atoms with Crippen LogP contribution in [0.4, 0.5) is 0 Å². The largest absolute Gasteiger partial charge is 0.361 e. The Balaban J connectivity index is 1.58. The van der Waals surface area contributed by atoms with E-state index < -0.39 is 0 Å². The van der Waals surface area contributed by atoms with Crippen LogP contribution in [0.2, 0.25) is 0 Å². The number of para-hydroxylation sites is 2. The van der Waals surface area contributed by atoms with Gasteiger partial charge >= 0.3 is 0 Å². The Morgan fingerprint density at radius 2 is 1.53 bits per heavy atom. The summed E-state index contributed by atoms with van der Waals surface area (Å²) in [5.74, 6) is 0.0650. The number of carbonyl (C=O) groups excluding carboxylic acids is 1. The molecule has 0 radical (unpaired) electrons. The molecule has 1 unspecified atom stereocenters. The van der Waals surface area contributed by atoms with E-state index in [0.29, 0.717) is 6.54 Å². The van der Waals surface area contributed by atoms with Crippen LogP contribution in [0.3, 0.4) is 0 Å². The second kappa shape index (κ2) is 6.63. The zero-order chi connectivity index (χ0) is 20.1. The third-order valence-electron chi connectivity index (χ3n) is 6.23. The average Bonchev–Trinajstić information content (AvgIpc) is 3.40. The first kappa shape index (κ1) is 17.1. The van der Waals surface area contributed by atoms with Gasteiger partial charge in [-0.25, -0.2) is 0 Å². The van der Waals surface area contributed by atoms with Crippen molar-refractivity contribution in [1.29, 1.82) is 0 Å². The van der Waals surface area contributed by atoms with E-state index in [-0.39, 0.29) is 11.9 Å². The van der Waals surface area contributed by atoms with E-state index >= 15 is 0 Å². The molecule has 2 aromatic heterocycles. The summed E-state index contributed by atoms with van der Waals surface area (Å²) in [6, 6.07) is 26.1. The van der Waals surface area contributed by atoms with Crippen LogP contribution in [0.1, 0.15) is 33.2 Å². The molecular formula is C26H21N3O. The van der Waals surface area contributed by atoms with E-state index in [1.54, 1.807) is 0 Å². The number of H-pyrrole nitrogens is 2. The third-order valence-corrected chi connectivity index (χ3v) is 6.23. The van der Waals surface area contributed by atoms with Crippen LogP contribution >= 0.6 is 0 Å². The summed E-state index contributed by atoms with van der Waals surface area (Å²) < 4.78 is 0. The van der Waals surface area contributed by atoms with E-state index in [1.165, 1.54) is 10.9 Å². The van der Waals surface area contributed by atoms with Crippen molar-refractivity contribution in [3.63, 3.8) is 0 Å². The van der Waals surface area contributed by atoms with Gasteiger partial charge < -0.3 is 14.9 Å². The Kier molecular flexibility index (Phi) is 3.78. The molecule has 0 spiro atoms. The summed E-state index contributed by atoms with van der Waals surface area (Å²) in [7, 11) is 0. The quantitative estimate of drug-likeness (QED) is 0.414. The van der Waals surface area contributed by atoms with E-state index in [4.69, 9.17) is 0 Å². The molecular weight excluding hydrogens is 370 g/mol. The summed E-state index contributed by atoms with van der Waals surface area (Å²) in [4.78, 5) is 22.6. The van der Waals surface area contributed by atoms with E-state index in [9.17, 15) is 4.79 Å². The van der Waals surface area contributed by atoms with Gasteiger partial charge in [-0.15, -0.1) is 0 Å². The molecule has 2 N–H and O–H groups in total. The van der Waals surface area contributed by atoms with E-state index in [1.807, 2.05) is 41.3 Å². The van der Waals surface area contributed by atoms with Gasteiger partial charge in [0.1, 0.15) is 0 Å². The van der Waals surface area contributed by atoms with Crippen LogP contribution in [0.25, 0.3) is 21.8 Å². The standard InChI is InChI=1S/C26H21N3O/c30-26(17-8-2-1-3-9-17)29-15-14-20-18-10-5-7-13-23(18)28-24(20)25(29)21-16-27-22-12-6-4-11-19(21)22/h1-13,16,25,27-28H,14-15H2. The molecule has 6 rings (SSSR count). The SMILES string of the molecule is O=C(c1ccccc1)N1CCc2c([nH]c3ccccc23)C1c1c[nH]c2ccccc12. The van der Waals surface area contributed by atoms with Gasteiger partial charge in [-0.05, 0) is 36.2 Å². The summed E-state index contributed by atoms with van der Waals surface area (Å²) in [6.07, 6.45) is 2.90. The number of hydrogen-bond acceptors (Lipinski definition) is 1. The predicted molar refractivity (Wildman–Crippen MR) is 120 cm³/mol. The van der Waals surface area contributed by atoms with Gasteiger partial charge in [0.15, 0.2) is 0 Å². The first-order valence-corrected chi connectivity index (χ1v) is 10.3. The second-order valence-corrected chi connectivity index (χ2v) is 7.87. The summed E-state index contributed by atoms with van der Waals surface area (Å²) in [5.41, 5.74) is 6.50. The minimum absolute atomic E-state index is 0.0650. The monoisotopic (exact) mass is 391 g/mol. The van der Waals surface area contributed by atoms with Gasteiger partial charge in [0.25, 0.3) is 5.91 Å². The lowest BCUT2D eigenvalue weighted by atomic mass is 9.91. The van der Waals surface area contributed by atoms with Gasteiger partial charge in [-0.1, -0.05) is 54.6 Å². The van der Waals surface area contributed by atoms with Crippen molar-refractivity contribution >= 4 is 27.7 Å². The fourth-order valence-corrected chi connectivity index (χ4v) is 4.85. The molecule has 1 aliphatic heterocycles. The van der Waals surface area contributed by atoms with E-state index in [2.05, 4.69) is 58.6 Å². The maximum absolute atomic E-state index is 13.6. The number of nitrogens with one attached hydrogen (secondary N) is 2. The first-order chi connectivity index (χ1) is 14.8. The number of carbonyl (C=O) groups is 1. The van der Waals surface area contributed by atoms with Crippen LogP contribution in [-0.2, 0) is 6.42 Å². The molecule has 3 aromatic carbocycles. The summed E-state index contributed by atoms with van der Waals surface area (Å²) in [5, 5.41) is 2.41. The van der Waals surface area contributed by atoms with Crippen molar-refractivity contribution in [2.24, 2.45) is 0 Å². The number of amides is 1. The Bertz CT molecular complexity index is 1380. The number of hydrogen-bond donors (Lipinski definition) is 2. The molecule has 1 atom stereocenters. The molecule has 3 heterocycles. The van der Waals surface area contributed by atoms with Gasteiger partial charge in [0.2, 0.25) is 0 Å². The zero-order valence-electron chi connectivity index (χ0n) is 16.4. The number of fused-ring (bicyclic) bond motifs is 4. The number of aromatic nitrogens is 2. The zero-order valence-corrected chi connectivity index (χ0v) is 16.4. The smallest absolute Gasteiger partial charge is 0.254 e. The molecule has 0 fully saturated rings. The van der Waals surface area contributed by atoms with Crippen molar-refractivity contribution in [2.45, 2.75) is 12.5 Å². The fraction of sp³-hybridized carbons (Fsp3) is 0.115. The van der Waals surface area contributed by atoms with Crippen molar-refractivity contribution < 1.29 is 4.79 Å². The Labute approximate surface area is 174 Å². The Morgan fingerprint density at radius 1 is 0.833 bits per heavy atom. The first-order valence-electron chi connectivity index (χ1n) is 10.3. The highest BCUT2D eigenvalue weighted by molar-refractivity contribution is 5.96. The summed E-state index contributed by atoms with van der Waals surface area (Å²) >= 11 is 0. The maximum Gasteiger partial charge on any atom is 0.254 e. The van der Waals surface area contributed by atoms with E-state index in [0.717, 1.165) is 39.7 Å². The van der Waals surface area contributed by atoms with Crippen molar-refractivity contribution in [3.05, 3.63) is 107 Å². The molecule has 30 heavy (non-hydrogen) atoms. The van der Waals surface area contributed by atoms with Gasteiger partial charge in [-0.2, -0.15) is 0 Å². The Morgan fingerprint density at radius 3 is 2.37 bits per heavy atom. The maximum atomic E-state index is 13.6. The van der Waals surface area contributed by atoms with Crippen LogP contribution in [0.15, 0.2) is 85.1 Å². The summed E-state index contributed by atoms with van der Waals surface area (Å²) in [6.45, 7) is 0.687.